The summed E-state index contributed by atoms with van der Waals surface area (Å²) in [7, 11) is 1.59. The molecule has 1 atom stereocenters. The number of amides is 4. The van der Waals surface area contributed by atoms with Gasteiger partial charge in [-0.1, -0.05) is 24.3 Å². The van der Waals surface area contributed by atoms with E-state index in [0.29, 0.717) is 32.2 Å². The molecule has 4 rings (SSSR count). The fourth-order valence-corrected chi connectivity index (χ4v) is 4.32. The fourth-order valence-electron chi connectivity index (χ4n) is 4.32. The van der Waals surface area contributed by atoms with E-state index in [9.17, 15) is 18.8 Å². The number of fused-ring (bicyclic) bond motifs is 1. The van der Waals surface area contributed by atoms with Gasteiger partial charge in [0, 0.05) is 6.54 Å². The lowest BCUT2D eigenvalue weighted by Crippen LogP contribution is -2.47. The lowest BCUT2D eigenvalue weighted by molar-refractivity contribution is -0.134. The summed E-state index contributed by atoms with van der Waals surface area (Å²) in [5, 5.41) is 2.73. The Morgan fingerprint density at radius 2 is 1.94 bits per heavy atom. The molecule has 2 aliphatic rings. The summed E-state index contributed by atoms with van der Waals surface area (Å²) in [5.41, 5.74) is 0.899. The Morgan fingerprint density at radius 1 is 1.19 bits per heavy atom. The quantitative estimate of drug-likeness (QED) is 0.702. The smallest absolute Gasteiger partial charge is 0.325 e. The third kappa shape index (κ3) is 4.04. The third-order valence-electron chi connectivity index (χ3n) is 6.18. The number of aryl methyl sites for hydroxylation is 2. The van der Waals surface area contributed by atoms with Crippen LogP contribution in [0.3, 0.4) is 0 Å². The first-order valence-corrected chi connectivity index (χ1v) is 10.7. The Balaban J connectivity index is 1.44. The van der Waals surface area contributed by atoms with Crippen LogP contribution in [0.5, 0.6) is 5.75 Å². The number of ether oxygens (including phenoxy) is 1. The highest BCUT2D eigenvalue weighted by Crippen LogP contribution is 2.31. The molecule has 2 aromatic carbocycles. The largest absolute Gasteiger partial charge is 0.497 e. The molecule has 0 unspecified atom stereocenters. The number of carbonyl (C=O) groups excluding carboxylic acids is 3. The van der Waals surface area contributed by atoms with Crippen molar-refractivity contribution in [1.29, 1.82) is 0 Å². The Bertz CT molecular complexity index is 1060. The van der Waals surface area contributed by atoms with E-state index in [0.717, 1.165) is 21.8 Å². The normalized spacial score (nSPS) is 20.2. The van der Waals surface area contributed by atoms with Crippen LogP contribution in [-0.2, 0) is 22.4 Å². The Morgan fingerprint density at radius 3 is 2.66 bits per heavy atom. The number of nitrogens with zero attached hydrogens (tertiary/aromatic N) is 2. The van der Waals surface area contributed by atoms with E-state index in [-0.39, 0.29) is 5.69 Å². The minimum atomic E-state index is -1.11. The number of rotatable bonds is 6. The van der Waals surface area contributed by atoms with Crippen molar-refractivity contribution in [3.63, 3.8) is 0 Å². The Hall–Kier alpha value is -3.42. The first-order chi connectivity index (χ1) is 15.3. The van der Waals surface area contributed by atoms with Gasteiger partial charge in [-0.2, -0.15) is 0 Å². The topological polar surface area (TPSA) is 79.0 Å². The van der Waals surface area contributed by atoms with Crippen LogP contribution in [0.2, 0.25) is 0 Å². The number of nitrogens with one attached hydrogen (secondary N) is 1. The van der Waals surface area contributed by atoms with Crippen molar-refractivity contribution in [2.24, 2.45) is 0 Å². The Kier molecular flexibility index (Phi) is 5.86. The molecule has 1 N–H and O–H groups in total. The molecular formula is C24H26FN3O4. The summed E-state index contributed by atoms with van der Waals surface area (Å²) in [4.78, 5) is 40.9. The molecule has 7 nitrogen and oxygen atoms in total. The SMILES string of the molecule is COc1ccc(CC[C@]2(C)NC(=O)N(CC(=O)N3CCCc4cccc(F)c43)C2=O)cc1. The maximum Gasteiger partial charge on any atom is 0.325 e. The molecule has 0 radical (unpaired) electrons. The van der Waals surface area contributed by atoms with Gasteiger partial charge in [-0.05, 0) is 61.9 Å². The third-order valence-corrected chi connectivity index (χ3v) is 6.18. The van der Waals surface area contributed by atoms with Gasteiger partial charge in [-0.3, -0.25) is 14.5 Å². The monoisotopic (exact) mass is 439 g/mol. The molecule has 4 amide bonds. The molecule has 168 valence electrons. The molecule has 2 heterocycles. The molecule has 0 aromatic heterocycles. The molecule has 2 aromatic rings. The number of hydrogen-bond acceptors (Lipinski definition) is 4. The molecule has 8 heteroatoms. The molecule has 1 fully saturated rings. The lowest BCUT2D eigenvalue weighted by Gasteiger charge is -2.31. The van der Waals surface area contributed by atoms with E-state index in [2.05, 4.69) is 5.32 Å². The molecule has 0 bridgehead atoms. The van der Waals surface area contributed by atoms with Gasteiger partial charge >= 0.3 is 6.03 Å². The molecular weight excluding hydrogens is 413 g/mol. The van der Waals surface area contributed by atoms with E-state index in [1.54, 1.807) is 26.2 Å². The summed E-state index contributed by atoms with van der Waals surface area (Å²) < 4.78 is 19.6. The summed E-state index contributed by atoms with van der Waals surface area (Å²) >= 11 is 0. The predicted molar refractivity (Wildman–Crippen MR) is 117 cm³/mol. The minimum absolute atomic E-state index is 0.248. The van der Waals surface area contributed by atoms with E-state index >= 15 is 0 Å². The van der Waals surface area contributed by atoms with Crippen LogP contribution in [-0.4, -0.2) is 48.5 Å². The highest BCUT2D eigenvalue weighted by atomic mass is 19.1. The summed E-state index contributed by atoms with van der Waals surface area (Å²) in [5.74, 6) is -0.656. The van der Waals surface area contributed by atoms with Gasteiger partial charge in [0.1, 0.15) is 23.7 Å². The second-order valence-electron chi connectivity index (χ2n) is 8.40. The van der Waals surface area contributed by atoms with Crippen molar-refractivity contribution in [3.8, 4) is 5.75 Å². The number of halogens is 1. The van der Waals surface area contributed by atoms with Crippen LogP contribution in [0, 0.1) is 5.82 Å². The van der Waals surface area contributed by atoms with Crippen LogP contribution >= 0.6 is 0 Å². The molecule has 0 aliphatic carbocycles. The minimum Gasteiger partial charge on any atom is -0.497 e. The summed E-state index contributed by atoms with van der Waals surface area (Å²) in [6, 6.07) is 11.6. The van der Waals surface area contributed by atoms with Gasteiger partial charge in [-0.25, -0.2) is 9.18 Å². The van der Waals surface area contributed by atoms with Crippen molar-refractivity contribution in [1.82, 2.24) is 10.2 Å². The molecule has 2 aliphatic heterocycles. The number of carbonyl (C=O) groups is 3. The molecule has 0 saturated carbocycles. The van der Waals surface area contributed by atoms with Crippen molar-refractivity contribution in [3.05, 3.63) is 59.4 Å². The number of hydrogen-bond donors (Lipinski definition) is 1. The van der Waals surface area contributed by atoms with Crippen LogP contribution in [0.4, 0.5) is 14.9 Å². The molecule has 1 saturated heterocycles. The van der Waals surface area contributed by atoms with Crippen LogP contribution in [0.15, 0.2) is 42.5 Å². The fraction of sp³-hybridized carbons (Fsp3) is 0.375. The van der Waals surface area contributed by atoms with Gasteiger partial charge in [0.05, 0.1) is 12.8 Å². The summed E-state index contributed by atoms with van der Waals surface area (Å²) in [6.07, 6.45) is 2.33. The van der Waals surface area contributed by atoms with E-state index in [4.69, 9.17) is 4.74 Å². The number of imide groups is 1. The van der Waals surface area contributed by atoms with Crippen LogP contribution < -0.4 is 15.0 Å². The van der Waals surface area contributed by atoms with Gasteiger partial charge in [0.15, 0.2) is 0 Å². The highest BCUT2D eigenvalue weighted by molar-refractivity contribution is 6.10. The first kappa shape index (κ1) is 21.8. The lowest BCUT2D eigenvalue weighted by atomic mass is 9.93. The number of methoxy groups -OCH3 is 1. The molecule has 0 spiro atoms. The van der Waals surface area contributed by atoms with Crippen molar-refractivity contribution in [2.75, 3.05) is 25.1 Å². The van der Waals surface area contributed by atoms with Crippen LogP contribution in [0.25, 0.3) is 0 Å². The van der Waals surface area contributed by atoms with Gasteiger partial charge in [-0.15, -0.1) is 0 Å². The van der Waals surface area contributed by atoms with Gasteiger partial charge in [0.25, 0.3) is 5.91 Å². The average Bonchev–Trinajstić information content (AvgIpc) is 3.01. The average molecular weight is 439 g/mol. The highest BCUT2D eigenvalue weighted by Gasteiger charge is 2.48. The zero-order chi connectivity index (χ0) is 22.9. The first-order valence-electron chi connectivity index (χ1n) is 10.7. The second kappa shape index (κ2) is 8.61. The molecule has 32 heavy (non-hydrogen) atoms. The van der Waals surface area contributed by atoms with Gasteiger partial charge in [0.2, 0.25) is 5.91 Å². The Labute approximate surface area is 186 Å². The van der Waals surface area contributed by atoms with E-state index < -0.39 is 35.7 Å². The number of anilines is 1. The standard InChI is InChI=1S/C24H26FN3O4/c1-24(13-12-16-8-10-18(32-2)11-9-16)22(30)28(23(31)26-24)15-20(29)27-14-4-6-17-5-3-7-19(25)21(17)27/h3,5,7-11H,4,6,12-15H2,1-2H3,(H,26,31)/t24-/m0/s1. The number of benzene rings is 2. The number of para-hydroxylation sites is 1. The van der Waals surface area contributed by atoms with Crippen molar-refractivity contribution >= 4 is 23.5 Å². The van der Waals surface area contributed by atoms with Gasteiger partial charge < -0.3 is 15.0 Å². The van der Waals surface area contributed by atoms with E-state index in [1.165, 1.54) is 11.0 Å². The van der Waals surface area contributed by atoms with Crippen molar-refractivity contribution < 1.29 is 23.5 Å². The predicted octanol–water partition coefficient (Wildman–Crippen LogP) is 3.06. The van der Waals surface area contributed by atoms with Crippen molar-refractivity contribution in [2.45, 2.75) is 38.1 Å². The number of urea groups is 1. The second-order valence-corrected chi connectivity index (χ2v) is 8.40. The summed E-state index contributed by atoms with van der Waals surface area (Å²) in [6.45, 7) is 1.60. The zero-order valence-electron chi connectivity index (χ0n) is 18.2. The maximum absolute atomic E-state index is 14.4. The zero-order valence-corrected chi connectivity index (χ0v) is 18.2. The van der Waals surface area contributed by atoms with E-state index in [1.807, 2.05) is 24.3 Å². The maximum atomic E-state index is 14.4. The van der Waals surface area contributed by atoms with Crippen LogP contribution in [0.1, 0.15) is 30.9 Å².